The van der Waals surface area contributed by atoms with Crippen LogP contribution in [-0.2, 0) is 6.42 Å². The van der Waals surface area contributed by atoms with Crippen LogP contribution in [0.4, 0.5) is 4.39 Å². The van der Waals surface area contributed by atoms with Gasteiger partial charge in [0.2, 0.25) is 0 Å². The van der Waals surface area contributed by atoms with Gasteiger partial charge in [-0.15, -0.1) is 0 Å². The van der Waals surface area contributed by atoms with Crippen molar-refractivity contribution in [3.05, 3.63) is 34.6 Å². The second kappa shape index (κ2) is 7.25. The smallest absolute Gasteiger partial charge is 0.142 e. The van der Waals surface area contributed by atoms with Crippen LogP contribution in [0.25, 0.3) is 0 Å². The Balaban J connectivity index is 2.65. The monoisotopic (exact) mass is 285 g/mol. The largest absolute Gasteiger partial charge is 0.316 e. The van der Waals surface area contributed by atoms with E-state index in [2.05, 4.69) is 33.0 Å². The normalized spacial score (nSPS) is 14.7. The van der Waals surface area contributed by atoms with Gasteiger partial charge in [-0.1, -0.05) is 45.4 Å². The summed E-state index contributed by atoms with van der Waals surface area (Å²) in [4.78, 5) is 0. The molecule has 1 aromatic carbocycles. The molecular formula is C16H25ClFN. The van der Waals surface area contributed by atoms with Crippen LogP contribution in [-0.4, -0.2) is 13.1 Å². The van der Waals surface area contributed by atoms with Crippen LogP contribution in [0.5, 0.6) is 0 Å². The number of nitrogens with one attached hydrogen (secondary N) is 1. The summed E-state index contributed by atoms with van der Waals surface area (Å²) in [6, 6.07) is 5.12. The molecule has 19 heavy (non-hydrogen) atoms. The van der Waals surface area contributed by atoms with Crippen LogP contribution >= 0.6 is 11.6 Å². The van der Waals surface area contributed by atoms with Crippen molar-refractivity contribution in [2.45, 2.75) is 40.5 Å². The molecule has 0 saturated carbocycles. The molecule has 0 amide bonds. The summed E-state index contributed by atoms with van der Waals surface area (Å²) in [6.07, 6.45) is 1.92. The SMILES string of the molecule is CCC(C)(CNCC(C)C)Cc1ccc(Cl)c(F)c1. The van der Waals surface area contributed by atoms with E-state index in [1.165, 1.54) is 0 Å². The molecule has 0 aliphatic carbocycles. The Morgan fingerprint density at radius 1 is 1.37 bits per heavy atom. The summed E-state index contributed by atoms with van der Waals surface area (Å²) in [5.74, 6) is 0.321. The van der Waals surface area contributed by atoms with Gasteiger partial charge in [-0.2, -0.15) is 0 Å². The molecule has 3 heteroatoms. The number of rotatable bonds is 7. The summed E-state index contributed by atoms with van der Waals surface area (Å²) in [6.45, 7) is 10.8. The molecule has 1 aromatic rings. The van der Waals surface area contributed by atoms with Crippen LogP contribution < -0.4 is 5.32 Å². The van der Waals surface area contributed by atoms with Crippen LogP contribution in [0.15, 0.2) is 18.2 Å². The second-order valence-electron chi connectivity index (χ2n) is 6.11. The lowest BCUT2D eigenvalue weighted by molar-refractivity contribution is 0.285. The molecule has 1 atom stereocenters. The third-order valence-electron chi connectivity index (χ3n) is 3.57. The molecule has 1 N–H and O–H groups in total. The fourth-order valence-electron chi connectivity index (χ4n) is 2.12. The average molecular weight is 286 g/mol. The van der Waals surface area contributed by atoms with Crippen molar-refractivity contribution in [3.63, 3.8) is 0 Å². The Kier molecular flexibility index (Phi) is 6.28. The summed E-state index contributed by atoms with van der Waals surface area (Å²) in [5, 5.41) is 3.70. The molecule has 0 saturated heterocycles. The molecule has 1 rings (SSSR count). The number of hydrogen-bond acceptors (Lipinski definition) is 1. The molecule has 1 unspecified atom stereocenters. The van der Waals surface area contributed by atoms with Crippen molar-refractivity contribution in [2.24, 2.45) is 11.3 Å². The molecule has 0 aromatic heterocycles. The lowest BCUT2D eigenvalue weighted by Gasteiger charge is -2.29. The van der Waals surface area contributed by atoms with Gasteiger partial charge in [-0.3, -0.25) is 0 Å². The minimum atomic E-state index is -0.326. The zero-order valence-corrected chi connectivity index (χ0v) is 13.1. The Morgan fingerprint density at radius 2 is 2.05 bits per heavy atom. The number of benzene rings is 1. The van der Waals surface area contributed by atoms with Crippen LogP contribution in [0.1, 0.15) is 39.7 Å². The third-order valence-corrected chi connectivity index (χ3v) is 3.88. The van der Waals surface area contributed by atoms with E-state index >= 15 is 0 Å². The van der Waals surface area contributed by atoms with Gasteiger partial charge in [-0.05, 0) is 48.4 Å². The van der Waals surface area contributed by atoms with E-state index in [0.717, 1.165) is 31.5 Å². The van der Waals surface area contributed by atoms with Gasteiger partial charge in [0.05, 0.1) is 5.02 Å². The standard InChI is InChI=1S/C16H25ClFN/c1-5-16(4,11-19-10-12(2)3)9-13-6-7-14(17)15(18)8-13/h6-8,12,19H,5,9-11H2,1-4H3. The fraction of sp³-hybridized carbons (Fsp3) is 0.625. The molecule has 1 nitrogen and oxygen atoms in total. The first-order valence-electron chi connectivity index (χ1n) is 7.01. The maximum atomic E-state index is 13.5. The number of halogens is 2. The van der Waals surface area contributed by atoms with Gasteiger partial charge in [0.25, 0.3) is 0 Å². The van der Waals surface area contributed by atoms with Gasteiger partial charge in [-0.25, -0.2) is 4.39 Å². The highest BCUT2D eigenvalue weighted by Crippen LogP contribution is 2.27. The molecule has 0 fully saturated rings. The van der Waals surface area contributed by atoms with E-state index in [-0.39, 0.29) is 16.3 Å². The topological polar surface area (TPSA) is 12.0 Å². The summed E-state index contributed by atoms with van der Waals surface area (Å²) in [7, 11) is 0. The van der Waals surface area contributed by atoms with Crippen molar-refractivity contribution >= 4 is 11.6 Å². The van der Waals surface area contributed by atoms with Crippen molar-refractivity contribution in [2.75, 3.05) is 13.1 Å². The molecule has 0 heterocycles. The molecule has 108 valence electrons. The van der Waals surface area contributed by atoms with E-state index in [1.54, 1.807) is 12.1 Å². The Morgan fingerprint density at radius 3 is 2.58 bits per heavy atom. The molecule has 0 bridgehead atoms. The van der Waals surface area contributed by atoms with Gasteiger partial charge in [0.15, 0.2) is 0 Å². The maximum absolute atomic E-state index is 13.5. The molecule has 0 spiro atoms. The quantitative estimate of drug-likeness (QED) is 0.767. The second-order valence-corrected chi connectivity index (χ2v) is 6.52. The van der Waals surface area contributed by atoms with Crippen molar-refractivity contribution < 1.29 is 4.39 Å². The Hall–Kier alpha value is -0.600. The Labute approximate surface area is 121 Å². The minimum Gasteiger partial charge on any atom is -0.316 e. The van der Waals surface area contributed by atoms with Gasteiger partial charge < -0.3 is 5.32 Å². The third kappa shape index (κ3) is 5.50. The molecule has 0 aliphatic heterocycles. The van der Waals surface area contributed by atoms with Gasteiger partial charge in [0.1, 0.15) is 5.82 Å². The highest BCUT2D eigenvalue weighted by molar-refractivity contribution is 6.30. The fourth-order valence-corrected chi connectivity index (χ4v) is 2.24. The van der Waals surface area contributed by atoms with E-state index in [4.69, 9.17) is 11.6 Å². The lowest BCUT2D eigenvalue weighted by Crippen LogP contribution is -2.35. The van der Waals surface area contributed by atoms with Crippen molar-refractivity contribution in [3.8, 4) is 0 Å². The van der Waals surface area contributed by atoms with Crippen LogP contribution in [0.3, 0.4) is 0 Å². The van der Waals surface area contributed by atoms with E-state index in [1.807, 2.05) is 6.07 Å². The highest BCUT2D eigenvalue weighted by Gasteiger charge is 2.22. The Bertz CT molecular complexity index is 406. The maximum Gasteiger partial charge on any atom is 0.142 e. The van der Waals surface area contributed by atoms with Gasteiger partial charge in [0, 0.05) is 6.54 Å². The molecule has 0 radical (unpaired) electrons. The van der Waals surface area contributed by atoms with Crippen molar-refractivity contribution in [1.29, 1.82) is 0 Å². The zero-order chi connectivity index (χ0) is 14.5. The van der Waals surface area contributed by atoms with E-state index in [9.17, 15) is 4.39 Å². The zero-order valence-electron chi connectivity index (χ0n) is 12.4. The first-order chi connectivity index (χ1) is 8.86. The van der Waals surface area contributed by atoms with Crippen LogP contribution in [0, 0.1) is 17.2 Å². The van der Waals surface area contributed by atoms with E-state index in [0.29, 0.717) is 5.92 Å². The predicted molar refractivity (Wildman–Crippen MR) is 81.2 cm³/mol. The molecule has 0 aliphatic rings. The van der Waals surface area contributed by atoms with Crippen LogP contribution in [0.2, 0.25) is 5.02 Å². The summed E-state index contributed by atoms with van der Waals surface area (Å²) >= 11 is 5.72. The van der Waals surface area contributed by atoms with Crippen molar-refractivity contribution in [1.82, 2.24) is 5.32 Å². The van der Waals surface area contributed by atoms with E-state index < -0.39 is 0 Å². The summed E-state index contributed by atoms with van der Waals surface area (Å²) < 4.78 is 13.5. The lowest BCUT2D eigenvalue weighted by atomic mass is 9.81. The number of hydrogen-bond donors (Lipinski definition) is 1. The predicted octanol–water partition coefficient (Wildman–Crippen LogP) is 4.68. The minimum absolute atomic E-state index is 0.148. The first kappa shape index (κ1) is 16.5. The first-order valence-corrected chi connectivity index (χ1v) is 7.39. The average Bonchev–Trinajstić information content (AvgIpc) is 2.33. The van der Waals surface area contributed by atoms with Gasteiger partial charge >= 0.3 is 0 Å². The highest BCUT2D eigenvalue weighted by atomic mass is 35.5. The summed E-state index contributed by atoms with van der Waals surface area (Å²) in [5.41, 5.74) is 1.16. The molecular weight excluding hydrogens is 261 g/mol.